The number of hydrogen-bond donors (Lipinski definition) is 1. The largest absolute Gasteiger partial charge is 0.398 e. The average molecular weight is 404 g/mol. The molecule has 1 saturated heterocycles. The van der Waals surface area contributed by atoms with Crippen molar-refractivity contribution in [2.24, 2.45) is 0 Å². The minimum atomic E-state index is -0.150. The fourth-order valence-corrected chi connectivity index (χ4v) is 4.04. The molecule has 0 bridgehead atoms. The number of carbonyl (C=O) groups excluding carboxylic acids is 1. The summed E-state index contributed by atoms with van der Waals surface area (Å²) in [6.07, 6.45) is 2.79. The second-order valence-corrected chi connectivity index (χ2v) is 7.62. The molecular formula is C19H19Cl2N5O. The Bertz CT molecular complexity index is 1030. The number of nitrogens with zero attached hydrogens (tertiary/aromatic N) is 4. The molecule has 1 unspecified atom stereocenters. The highest BCUT2D eigenvalue weighted by Gasteiger charge is 2.31. The maximum Gasteiger partial charge on any atom is 0.256 e. The summed E-state index contributed by atoms with van der Waals surface area (Å²) in [7, 11) is 0. The number of nitrogen functional groups attached to an aromatic ring is 1. The van der Waals surface area contributed by atoms with Gasteiger partial charge in [0.25, 0.3) is 5.91 Å². The van der Waals surface area contributed by atoms with Crippen LogP contribution in [0.1, 0.15) is 47.1 Å². The number of likely N-dealkylation sites (tertiary alicyclic amines) is 1. The topological polar surface area (TPSA) is 76.5 Å². The molecule has 3 aromatic rings. The first-order valence-corrected chi connectivity index (χ1v) is 9.58. The summed E-state index contributed by atoms with van der Waals surface area (Å²) in [6, 6.07) is 8.47. The van der Waals surface area contributed by atoms with Gasteiger partial charge in [-0.3, -0.25) is 4.79 Å². The van der Waals surface area contributed by atoms with Crippen molar-refractivity contribution in [2.75, 3.05) is 12.3 Å². The van der Waals surface area contributed by atoms with Gasteiger partial charge in [0.05, 0.1) is 17.3 Å². The summed E-state index contributed by atoms with van der Waals surface area (Å²) >= 11 is 12.4. The third-order valence-electron chi connectivity index (χ3n) is 4.88. The lowest BCUT2D eigenvalue weighted by Crippen LogP contribution is -2.39. The summed E-state index contributed by atoms with van der Waals surface area (Å²) in [4.78, 5) is 19.5. The zero-order valence-electron chi connectivity index (χ0n) is 14.8. The second-order valence-electron chi connectivity index (χ2n) is 6.80. The molecule has 0 spiro atoms. The standard InChI is InChI=1S/C19H19Cl2N5O/c1-11-8-17(21)26-18(23-11)10-15(24-26)16-4-2-3-7-25(16)19(27)13-9-12(20)5-6-14(13)22/h5-6,8-10,16H,2-4,7,22H2,1H3. The first kappa shape index (κ1) is 18.1. The SMILES string of the molecule is Cc1cc(Cl)n2nc(C3CCCCN3C(=O)c3cc(Cl)ccc3N)cc2n1. The summed E-state index contributed by atoms with van der Waals surface area (Å²) in [6.45, 7) is 2.53. The number of fused-ring (bicyclic) bond motifs is 1. The van der Waals surface area contributed by atoms with Crippen molar-refractivity contribution in [1.29, 1.82) is 0 Å². The molecule has 27 heavy (non-hydrogen) atoms. The van der Waals surface area contributed by atoms with Gasteiger partial charge in [0.2, 0.25) is 0 Å². The Labute approximate surface area is 166 Å². The molecule has 0 radical (unpaired) electrons. The Morgan fingerprint density at radius 1 is 1.22 bits per heavy atom. The van der Waals surface area contributed by atoms with Gasteiger partial charge in [0, 0.05) is 29.0 Å². The van der Waals surface area contributed by atoms with Gasteiger partial charge in [-0.25, -0.2) is 9.50 Å². The predicted octanol–water partition coefficient (Wildman–Crippen LogP) is 4.29. The number of aromatic nitrogens is 3. The highest BCUT2D eigenvalue weighted by atomic mass is 35.5. The first-order chi connectivity index (χ1) is 12.9. The minimum absolute atomic E-state index is 0.132. The zero-order valence-corrected chi connectivity index (χ0v) is 16.3. The van der Waals surface area contributed by atoms with Gasteiger partial charge in [0.15, 0.2) is 5.65 Å². The fourth-order valence-electron chi connectivity index (χ4n) is 3.59. The molecule has 1 aliphatic rings. The van der Waals surface area contributed by atoms with E-state index >= 15 is 0 Å². The van der Waals surface area contributed by atoms with Crippen LogP contribution in [0.4, 0.5) is 5.69 Å². The molecule has 1 amide bonds. The molecule has 140 valence electrons. The Balaban J connectivity index is 1.74. The van der Waals surface area contributed by atoms with Crippen molar-refractivity contribution in [3.8, 4) is 0 Å². The summed E-state index contributed by atoms with van der Waals surface area (Å²) in [5, 5.41) is 5.60. The van der Waals surface area contributed by atoms with Gasteiger partial charge < -0.3 is 10.6 Å². The van der Waals surface area contributed by atoms with E-state index in [0.717, 1.165) is 30.7 Å². The molecule has 0 saturated carbocycles. The van der Waals surface area contributed by atoms with Crippen LogP contribution in [0.15, 0.2) is 30.3 Å². The van der Waals surface area contributed by atoms with Crippen LogP contribution in [-0.4, -0.2) is 31.9 Å². The van der Waals surface area contributed by atoms with E-state index in [2.05, 4.69) is 10.1 Å². The number of nitrogens with two attached hydrogens (primary N) is 1. The smallest absolute Gasteiger partial charge is 0.256 e. The number of piperidine rings is 1. The molecule has 1 fully saturated rings. The number of amides is 1. The van der Waals surface area contributed by atoms with E-state index in [1.165, 1.54) is 0 Å². The summed E-state index contributed by atoms with van der Waals surface area (Å²) < 4.78 is 1.61. The van der Waals surface area contributed by atoms with Crippen LogP contribution >= 0.6 is 23.2 Å². The molecular weight excluding hydrogens is 385 g/mol. The van der Waals surface area contributed by atoms with Gasteiger partial charge in [-0.2, -0.15) is 5.10 Å². The van der Waals surface area contributed by atoms with E-state index in [1.807, 2.05) is 17.9 Å². The van der Waals surface area contributed by atoms with Crippen molar-refractivity contribution in [2.45, 2.75) is 32.2 Å². The van der Waals surface area contributed by atoms with Gasteiger partial charge in [-0.15, -0.1) is 0 Å². The van der Waals surface area contributed by atoms with Gasteiger partial charge in [-0.1, -0.05) is 23.2 Å². The Morgan fingerprint density at radius 3 is 2.85 bits per heavy atom. The van der Waals surface area contributed by atoms with Crippen LogP contribution in [-0.2, 0) is 0 Å². The average Bonchev–Trinajstić information content (AvgIpc) is 3.07. The van der Waals surface area contributed by atoms with Crippen LogP contribution in [0.2, 0.25) is 10.2 Å². The van der Waals surface area contributed by atoms with E-state index in [0.29, 0.717) is 33.6 Å². The van der Waals surface area contributed by atoms with E-state index in [4.69, 9.17) is 28.9 Å². The summed E-state index contributed by atoms with van der Waals surface area (Å²) in [5.74, 6) is -0.132. The third kappa shape index (κ3) is 3.35. The number of hydrogen-bond acceptors (Lipinski definition) is 4. The van der Waals surface area contributed by atoms with E-state index < -0.39 is 0 Å². The van der Waals surface area contributed by atoms with E-state index in [1.54, 1.807) is 28.8 Å². The Hall–Kier alpha value is -2.31. The van der Waals surface area contributed by atoms with Crippen LogP contribution < -0.4 is 5.73 Å². The molecule has 6 nitrogen and oxygen atoms in total. The molecule has 8 heteroatoms. The summed E-state index contributed by atoms with van der Waals surface area (Å²) in [5.41, 5.74) is 9.15. The minimum Gasteiger partial charge on any atom is -0.398 e. The molecule has 0 aliphatic carbocycles. The van der Waals surface area contributed by atoms with Crippen molar-refractivity contribution in [3.05, 3.63) is 57.5 Å². The molecule has 2 aromatic heterocycles. The maximum atomic E-state index is 13.2. The number of carbonyl (C=O) groups is 1. The van der Waals surface area contributed by atoms with Gasteiger partial charge in [0.1, 0.15) is 5.15 Å². The highest BCUT2D eigenvalue weighted by molar-refractivity contribution is 6.31. The molecule has 1 aliphatic heterocycles. The van der Waals surface area contributed by atoms with Crippen molar-refractivity contribution in [1.82, 2.24) is 19.5 Å². The maximum absolute atomic E-state index is 13.2. The van der Waals surface area contributed by atoms with Crippen molar-refractivity contribution in [3.63, 3.8) is 0 Å². The van der Waals surface area contributed by atoms with Gasteiger partial charge >= 0.3 is 0 Å². The quantitative estimate of drug-likeness (QED) is 0.511. The Morgan fingerprint density at radius 2 is 2.04 bits per heavy atom. The number of halogens is 2. The number of anilines is 1. The van der Waals surface area contributed by atoms with Crippen molar-refractivity contribution < 1.29 is 4.79 Å². The lowest BCUT2D eigenvalue weighted by Gasteiger charge is -2.35. The fraction of sp³-hybridized carbons (Fsp3) is 0.316. The molecule has 1 aromatic carbocycles. The van der Waals surface area contributed by atoms with Gasteiger partial charge in [-0.05, 0) is 50.5 Å². The van der Waals surface area contributed by atoms with Crippen molar-refractivity contribution >= 4 is 40.4 Å². The third-order valence-corrected chi connectivity index (χ3v) is 5.39. The Kier molecular flexibility index (Phi) is 4.70. The van der Waals surface area contributed by atoms with Crippen LogP contribution in [0.3, 0.4) is 0 Å². The zero-order chi connectivity index (χ0) is 19.1. The number of rotatable bonds is 2. The van der Waals surface area contributed by atoms with E-state index in [9.17, 15) is 4.79 Å². The highest BCUT2D eigenvalue weighted by Crippen LogP contribution is 2.33. The van der Waals surface area contributed by atoms with Crippen LogP contribution in [0.25, 0.3) is 5.65 Å². The lowest BCUT2D eigenvalue weighted by molar-refractivity contribution is 0.0607. The first-order valence-electron chi connectivity index (χ1n) is 8.83. The second kappa shape index (κ2) is 7.02. The number of aryl methyl sites for hydroxylation is 1. The number of benzene rings is 1. The normalized spacial score (nSPS) is 17.4. The van der Waals surface area contributed by atoms with Crippen LogP contribution in [0.5, 0.6) is 0 Å². The predicted molar refractivity (Wildman–Crippen MR) is 106 cm³/mol. The molecule has 1 atom stereocenters. The molecule has 3 heterocycles. The monoisotopic (exact) mass is 403 g/mol. The molecule has 2 N–H and O–H groups in total. The lowest BCUT2D eigenvalue weighted by atomic mass is 9.98. The molecule has 4 rings (SSSR count). The van der Waals surface area contributed by atoms with E-state index in [-0.39, 0.29) is 11.9 Å². The van der Waals surface area contributed by atoms with Crippen LogP contribution in [0, 0.1) is 6.92 Å².